The van der Waals surface area contributed by atoms with E-state index >= 15 is 0 Å². The van der Waals surface area contributed by atoms with Crippen LogP contribution < -0.4 is 20.1 Å². The second-order valence-corrected chi connectivity index (χ2v) is 16.5. The molecular weight excluding hydrogens is 670 g/mol. The first-order valence-corrected chi connectivity index (χ1v) is 19.3. The molecule has 3 fully saturated rings. The first kappa shape index (κ1) is 33.6. The number of aromatic nitrogens is 1. The lowest BCUT2D eigenvalue weighted by Crippen LogP contribution is -2.58. The number of amides is 3. The van der Waals surface area contributed by atoms with E-state index in [9.17, 15) is 27.2 Å². The normalized spacial score (nSPS) is 28.5. The van der Waals surface area contributed by atoms with Gasteiger partial charge in [-0.3, -0.25) is 19.1 Å². The number of ether oxygens (including phenoxy) is 1. The maximum Gasteiger partial charge on any atom is 0.274 e. The molecular formula is C35H40FN5O6S2. The molecule has 11 nitrogen and oxygen atoms in total. The van der Waals surface area contributed by atoms with Crippen LogP contribution in [0.5, 0.6) is 5.19 Å². The molecule has 0 radical (unpaired) electrons. The van der Waals surface area contributed by atoms with Gasteiger partial charge in [-0.05, 0) is 62.3 Å². The van der Waals surface area contributed by atoms with Crippen LogP contribution in [0.25, 0.3) is 10.2 Å². The predicted octanol–water partition coefficient (Wildman–Crippen LogP) is 3.95. The molecule has 2 aliphatic carbocycles. The largest absolute Gasteiger partial charge is 0.465 e. The fourth-order valence-electron chi connectivity index (χ4n) is 6.81. The van der Waals surface area contributed by atoms with Crippen LogP contribution in [0, 0.1) is 11.7 Å². The SMILES string of the molecule is O=C1N[C@]2(C(=O)NS(=O)(=O)C3CC3)C[C@@H]2/C=C\CCCCC[C@H](NCc2ccccc2)C(=O)N2C[C@H](Oc3nc4ccc(F)cc4s3)C[C@@H]12. The molecule has 1 saturated heterocycles. The standard InChI is InChI=1S/C35H40FN5O6S2/c36-24-13-16-27-30(17-24)48-34(38-27)47-25-18-29-31(42)39-35(33(44)40-49(45,46)26-14-15-26)19-23(35)11-7-2-1-3-8-12-28(32(43)41(29)21-25)37-20-22-9-5-4-6-10-22/h4-7,9-11,13,16-17,23,25-26,28-29,37H,1-3,8,12,14-15,18-21H2,(H,39,42)(H,40,44)/b11-7-/t23-,25+,28-,29-,35+/m0/s1. The molecule has 0 bridgehead atoms. The summed E-state index contributed by atoms with van der Waals surface area (Å²) >= 11 is 1.18. The third-order valence-electron chi connectivity index (χ3n) is 9.84. The number of rotatable bonds is 8. The molecule has 2 aromatic carbocycles. The van der Waals surface area contributed by atoms with Gasteiger partial charge < -0.3 is 20.3 Å². The molecule has 3 amide bonds. The van der Waals surface area contributed by atoms with Crippen molar-refractivity contribution in [1.82, 2.24) is 25.2 Å². The van der Waals surface area contributed by atoms with Crippen LogP contribution in [0.3, 0.4) is 0 Å². The van der Waals surface area contributed by atoms with Gasteiger partial charge in [0.1, 0.15) is 23.5 Å². The number of allylic oxidation sites excluding steroid dienone is 1. The van der Waals surface area contributed by atoms with Crippen molar-refractivity contribution in [1.29, 1.82) is 0 Å². The maximum absolute atomic E-state index is 14.4. The summed E-state index contributed by atoms with van der Waals surface area (Å²) in [5.74, 6) is -2.31. The topological polar surface area (TPSA) is 147 Å². The third kappa shape index (κ3) is 7.51. The molecule has 0 unspecified atom stereocenters. The summed E-state index contributed by atoms with van der Waals surface area (Å²) in [4.78, 5) is 48.2. The highest BCUT2D eigenvalue weighted by Gasteiger charge is 2.62. The number of sulfonamides is 1. The zero-order valence-electron chi connectivity index (χ0n) is 27.0. The van der Waals surface area contributed by atoms with Crippen LogP contribution in [-0.4, -0.2) is 71.5 Å². The molecule has 3 N–H and O–H groups in total. The molecule has 14 heteroatoms. The summed E-state index contributed by atoms with van der Waals surface area (Å²) in [5, 5.41) is 6.03. The molecule has 3 heterocycles. The zero-order chi connectivity index (χ0) is 34.2. The van der Waals surface area contributed by atoms with E-state index in [1.165, 1.54) is 28.4 Å². The fourth-order valence-corrected chi connectivity index (χ4v) is 9.08. The Morgan fingerprint density at radius 3 is 2.71 bits per heavy atom. The van der Waals surface area contributed by atoms with Gasteiger partial charge in [-0.25, -0.2) is 17.8 Å². The van der Waals surface area contributed by atoms with Gasteiger partial charge in [0.25, 0.3) is 11.1 Å². The monoisotopic (exact) mass is 709 g/mol. The van der Waals surface area contributed by atoms with Crippen LogP contribution in [0.2, 0.25) is 0 Å². The van der Waals surface area contributed by atoms with Crippen molar-refractivity contribution < 1.29 is 31.9 Å². The van der Waals surface area contributed by atoms with E-state index in [1.807, 2.05) is 42.5 Å². The Bertz CT molecular complexity index is 1870. The summed E-state index contributed by atoms with van der Waals surface area (Å²) in [6, 6.07) is 12.5. The van der Waals surface area contributed by atoms with E-state index in [2.05, 4.69) is 20.3 Å². The van der Waals surface area contributed by atoms with E-state index < -0.39 is 50.8 Å². The molecule has 2 saturated carbocycles. The van der Waals surface area contributed by atoms with Crippen molar-refractivity contribution in [3.63, 3.8) is 0 Å². The van der Waals surface area contributed by atoms with Gasteiger partial charge in [0, 0.05) is 18.9 Å². The average molecular weight is 710 g/mol. The number of thiazole rings is 1. The summed E-state index contributed by atoms with van der Waals surface area (Å²) in [6.07, 6.45) is 8.58. The van der Waals surface area contributed by atoms with Crippen LogP contribution in [0.1, 0.15) is 63.4 Å². The second-order valence-electron chi connectivity index (χ2n) is 13.5. The molecule has 3 aromatic rings. The number of hydrogen-bond acceptors (Lipinski definition) is 9. The van der Waals surface area contributed by atoms with E-state index in [0.29, 0.717) is 41.2 Å². The number of nitrogens with one attached hydrogen (secondary N) is 3. The Morgan fingerprint density at radius 1 is 1.10 bits per heavy atom. The van der Waals surface area contributed by atoms with Crippen molar-refractivity contribution in [2.24, 2.45) is 5.92 Å². The van der Waals surface area contributed by atoms with Crippen LogP contribution in [0.4, 0.5) is 4.39 Å². The van der Waals surface area contributed by atoms with Gasteiger partial charge in [0.15, 0.2) is 0 Å². The molecule has 5 atom stereocenters. The molecule has 49 heavy (non-hydrogen) atoms. The average Bonchev–Trinajstić information content (AvgIpc) is 3.97. The van der Waals surface area contributed by atoms with Gasteiger partial charge in [0.2, 0.25) is 21.8 Å². The Balaban J connectivity index is 1.16. The molecule has 260 valence electrons. The molecule has 0 spiro atoms. The fraction of sp³-hybridized carbons (Fsp3) is 0.486. The molecule has 4 aliphatic rings. The van der Waals surface area contributed by atoms with Crippen LogP contribution in [-0.2, 0) is 31.0 Å². The minimum atomic E-state index is -3.85. The summed E-state index contributed by atoms with van der Waals surface area (Å²) in [7, 11) is -3.85. The lowest BCUT2D eigenvalue weighted by Gasteiger charge is -2.30. The van der Waals surface area contributed by atoms with Gasteiger partial charge in [-0.15, -0.1) is 0 Å². The summed E-state index contributed by atoms with van der Waals surface area (Å²) in [5.41, 5.74) is 0.162. The summed E-state index contributed by atoms with van der Waals surface area (Å²) < 4.78 is 48.4. The van der Waals surface area contributed by atoms with Gasteiger partial charge in [0.05, 0.1) is 28.1 Å². The van der Waals surface area contributed by atoms with Gasteiger partial charge in [-0.2, -0.15) is 0 Å². The minimum Gasteiger partial charge on any atom is -0.465 e. The second kappa shape index (κ2) is 13.8. The zero-order valence-corrected chi connectivity index (χ0v) is 28.6. The molecule has 2 aliphatic heterocycles. The Morgan fingerprint density at radius 2 is 1.92 bits per heavy atom. The smallest absolute Gasteiger partial charge is 0.274 e. The summed E-state index contributed by atoms with van der Waals surface area (Å²) in [6.45, 7) is 0.566. The van der Waals surface area contributed by atoms with Crippen molar-refractivity contribution in [2.45, 2.75) is 93.3 Å². The Kier molecular flexibility index (Phi) is 9.46. The highest BCUT2D eigenvalue weighted by atomic mass is 32.2. The quantitative estimate of drug-likeness (QED) is 0.298. The van der Waals surface area contributed by atoms with E-state index in [1.54, 1.807) is 6.07 Å². The van der Waals surface area contributed by atoms with Crippen molar-refractivity contribution in [3.8, 4) is 5.19 Å². The highest BCUT2D eigenvalue weighted by molar-refractivity contribution is 7.91. The number of carbonyl (C=O) groups is 3. The minimum absolute atomic E-state index is 0.101. The lowest BCUT2D eigenvalue weighted by molar-refractivity contribution is -0.141. The number of carbonyl (C=O) groups excluding carboxylic acids is 3. The van der Waals surface area contributed by atoms with E-state index in [-0.39, 0.29) is 37.0 Å². The number of hydrogen-bond donors (Lipinski definition) is 3. The number of nitrogens with zero attached hydrogens (tertiary/aromatic N) is 2. The first-order chi connectivity index (χ1) is 23.6. The number of benzene rings is 2. The molecule has 1 aromatic heterocycles. The van der Waals surface area contributed by atoms with E-state index in [4.69, 9.17) is 4.74 Å². The van der Waals surface area contributed by atoms with Crippen LogP contribution in [0.15, 0.2) is 60.7 Å². The van der Waals surface area contributed by atoms with Gasteiger partial charge in [-0.1, -0.05) is 66.7 Å². The third-order valence-corrected chi connectivity index (χ3v) is 12.6. The first-order valence-electron chi connectivity index (χ1n) is 17.0. The maximum atomic E-state index is 14.4. The van der Waals surface area contributed by atoms with E-state index in [0.717, 1.165) is 31.2 Å². The highest BCUT2D eigenvalue weighted by Crippen LogP contribution is 2.46. The predicted molar refractivity (Wildman–Crippen MR) is 182 cm³/mol. The lowest BCUT2D eigenvalue weighted by atomic mass is 10.0. The number of fused-ring (bicyclic) bond motifs is 3. The van der Waals surface area contributed by atoms with Crippen LogP contribution >= 0.6 is 11.3 Å². The van der Waals surface area contributed by atoms with Crippen molar-refractivity contribution >= 4 is 49.3 Å². The molecule has 7 rings (SSSR count). The van der Waals surface area contributed by atoms with Gasteiger partial charge >= 0.3 is 0 Å². The Labute approximate surface area is 288 Å². The van der Waals surface area contributed by atoms with Crippen molar-refractivity contribution in [2.75, 3.05) is 6.54 Å². The number of halogens is 1. The van der Waals surface area contributed by atoms with Crippen molar-refractivity contribution in [3.05, 3.63) is 72.1 Å². The Hall–Kier alpha value is -3.88.